The van der Waals surface area contributed by atoms with Gasteiger partial charge in [0.2, 0.25) is 10.0 Å². The molecule has 1 heterocycles. The summed E-state index contributed by atoms with van der Waals surface area (Å²) in [5.74, 6) is -1.16. The Labute approximate surface area is 160 Å². The zero-order valence-electron chi connectivity index (χ0n) is 15.7. The van der Waals surface area contributed by atoms with Crippen LogP contribution in [0.3, 0.4) is 0 Å². The maximum absolute atomic E-state index is 12.8. The molecule has 2 aliphatic rings. The molecule has 3 rings (SSSR count). The first kappa shape index (κ1) is 19.8. The van der Waals surface area contributed by atoms with Gasteiger partial charge in [-0.05, 0) is 48.9 Å². The number of carboxylic acid groups (broad SMARTS) is 1. The lowest BCUT2D eigenvalue weighted by atomic mass is 9.92. The summed E-state index contributed by atoms with van der Waals surface area (Å²) < 4.78 is 26.4. The van der Waals surface area contributed by atoms with Crippen molar-refractivity contribution in [3.63, 3.8) is 0 Å². The van der Waals surface area contributed by atoms with E-state index >= 15 is 0 Å². The number of carbonyl (C=O) groups excluding carboxylic acids is 1. The lowest BCUT2D eigenvalue weighted by Crippen LogP contribution is -2.31. The van der Waals surface area contributed by atoms with Crippen LogP contribution in [0.15, 0.2) is 29.2 Å². The summed E-state index contributed by atoms with van der Waals surface area (Å²) in [7, 11) is -3.56. The van der Waals surface area contributed by atoms with Crippen LogP contribution in [0.2, 0.25) is 0 Å². The van der Waals surface area contributed by atoms with Crippen molar-refractivity contribution in [3.8, 4) is 0 Å². The van der Waals surface area contributed by atoms with Crippen molar-refractivity contribution in [1.29, 1.82) is 0 Å². The molecule has 2 fully saturated rings. The van der Waals surface area contributed by atoms with Gasteiger partial charge in [0.15, 0.2) is 0 Å². The fourth-order valence-electron chi connectivity index (χ4n) is 3.92. The second-order valence-electron chi connectivity index (χ2n) is 7.27. The van der Waals surface area contributed by atoms with Crippen molar-refractivity contribution in [1.82, 2.24) is 9.21 Å². The van der Waals surface area contributed by atoms with E-state index < -0.39 is 21.9 Å². The normalized spacial score (nSPS) is 23.0. The summed E-state index contributed by atoms with van der Waals surface area (Å²) in [5, 5.41) is 9.45. The summed E-state index contributed by atoms with van der Waals surface area (Å²) in [6.45, 7) is 5.00. The van der Waals surface area contributed by atoms with E-state index in [9.17, 15) is 23.1 Å². The van der Waals surface area contributed by atoms with Crippen LogP contribution < -0.4 is 0 Å². The number of likely N-dealkylation sites (tertiary alicyclic amines) is 1. The van der Waals surface area contributed by atoms with Gasteiger partial charge in [0, 0.05) is 31.7 Å². The van der Waals surface area contributed by atoms with Gasteiger partial charge in [-0.25, -0.2) is 8.42 Å². The van der Waals surface area contributed by atoms with Gasteiger partial charge in [-0.2, -0.15) is 4.31 Å². The maximum atomic E-state index is 12.8. The second kappa shape index (κ2) is 7.59. The number of rotatable bonds is 7. The average molecular weight is 394 g/mol. The van der Waals surface area contributed by atoms with Gasteiger partial charge in [0.1, 0.15) is 0 Å². The minimum atomic E-state index is -3.56. The number of carboxylic acids is 1. The van der Waals surface area contributed by atoms with Crippen molar-refractivity contribution in [2.24, 2.45) is 17.8 Å². The minimum Gasteiger partial charge on any atom is -0.481 e. The Kier molecular flexibility index (Phi) is 5.58. The third-order valence-electron chi connectivity index (χ3n) is 5.64. The van der Waals surface area contributed by atoms with Gasteiger partial charge in [-0.1, -0.05) is 13.8 Å². The first-order chi connectivity index (χ1) is 12.8. The van der Waals surface area contributed by atoms with Crippen LogP contribution in [-0.2, 0) is 14.8 Å². The van der Waals surface area contributed by atoms with E-state index in [0.29, 0.717) is 31.1 Å². The van der Waals surface area contributed by atoms with Crippen LogP contribution >= 0.6 is 0 Å². The highest BCUT2D eigenvalue weighted by Gasteiger charge is 2.46. The second-order valence-corrected chi connectivity index (χ2v) is 9.21. The van der Waals surface area contributed by atoms with E-state index in [1.54, 1.807) is 18.7 Å². The monoisotopic (exact) mass is 394 g/mol. The number of hydrogen-bond acceptors (Lipinski definition) is 4. The van der Waals surface area contributed by atoms with Gasteiger partial charge in [-0.3, -0.25) is 9.59 Å². The molecule has 1 amide bonds. The summed E-state index contributed by atoms with van der Waals surface area (Å²) in [6.07, 6.45) is 2.07. The Morgan fingerprint density at radius 3 is 2.19 bits per heavy atom. The smallest absolute Gasteiger partial charge is 0.308 e. The SMILES string of the molecule is CCN(CC)S(=O)(=O)c1ccc(C(=O)N2C[C@H](C(=O)O)[C@@H](C3CC3)C2)cc1. The number of hydrogen-bond donors (Lipinski definition) is 1. The minimum absolute atomic E-state index is 0.0220. The fourth-order valence-corrected chi connectivity index (χ4v) is 5.38. The first-order valence-electron chi connectivity index (χ1n) is 9.41. The zero-order valence-corrected chi connectivity index (χ0v) is 16.5. The molecule has 1 aromatic rings. The fraction of sp³-hybridized carbons (Fsp3) is 0.579. The zero-order chi connectivity index (χ0) is 19.8. The molecule has 0 aromatic heterocycles. The van der Waals surface area contributed by atoms with Crippen molar-refractivity contribution in [3.05, 3.63) is 29.8 Å². The lowest BCUT2D eigenvalue weighted by Gasteiger charge is -2.19. The Hall–Kier alpha value is -1.93. The van der Waals surface area contributed by atoms with E-state index in [-0.39, 0.29) is 23.3 Å². The van der Waals surface area contributed by atoms with Crippen molar-refractivity contribution in [2.45, 2.75) is 31.6 Å². The molecule has 148 valence electrons. The molecule has 8 heteroatoms. The molecule has 1 saturated carbocycles. The highest BCUT2D eigenvalue weighted by molar-refractivity contribution is 7.89. The quantitative estimate of drug-likeness (QED) is 0.762. The molecule has 27 heavy (non-hydrogen) atoms. The standard InChI is InChI=1S/C19H26N2O5S/c1-3-21(4-2)27(25,26)15-9-7-14(8-10-15)18(22)20-11-16(13-5-6-13)17(12-20)19(23)24/h7-10,13,16-17H,3-6,11-12H2,1-2H3,(H,23,24)/t16-,17+/m1/s1. The average Bonchev–Trinajstić information content (AvgIpc) is 3.40. The van der Waals surface area contributed by atoms with Crippen LogP contribution in [0.5, 0.6) is 0 Å². The summed E-state index contributed by atoms with van der Waals surface area (Å²) in [5.41, 5.74) is 0.383. The number of nitrogens with zero attached hydrogens (tertiary/aromatic N) is 2. The summed E-state index contributed by atoms with van der Waals surface area (Å²) >= 11 is 0. The van der Waals surface area contributed by atoms with Crippen molar-refractivity contribution >= 4 is 21.9 Å². The van der Waals surface area contributed by atoms with Gasteiger partial charge in [0.25, 0.3) is 5.91 Å². The van der Waals surface area contributed by atoms with Crippen molar-refractivity contribution < 1.29 is 23.1 Å². The molecule has 1 aliphatic heterocycles. The highest BCUT2D eigenvalue weighted by Crippen LogP contribution is 2.44. The van der Waals surface area contributed by atoms with Gasteiger partial charge >= 0.3 is 5.97 Å². The molecular weight excluding hydrogens is 368 g/mol. The molecule has 0 spiro atoms. The topological polar surface area (TPSA) is 95.0 Å². The van der Waals surface area contributed by atoms with E-state index in [1.165, 1.54) is 28.6 Å². The van der Waals surface area contributed by atoms with Gasteiger partial charge in [0.05, 0.1) is 10.8 Å². The molecule has 1 aliphatic carbocycles. The number of amides is 1. The first-order valence-corrected chi connectivity index (χ1v) is 10.9. The highest BCUT2D eigenvalue weighted by atomic mass is 32.2. The van der Waals surface area contributed by atoms with Crippen LogP contribution in [0, 0.1) is 17.8 Å². The van der Waals surface area contributed by atoms with Crippen molar-refractivity contribution in [2.75, 3.05) is 26.2 Å². The number of sulfonamides is 1. The molecule has 0 bridgehead atoms. The molecule has 7 nitrogen and oxygen atoms in total. The van der Waals surface area contributed by atoms with Gasteiger partial charge in [-0.15, -0.1) is 0 Å². The van der Waals surface area contributed by atoms with E-state index in [2.05, 4.69) is 0 Å². The van der Waals surface area contributed by atoms with Crippen LogP contribution in [-0.4, -0.2) is 60.8 Å². The molecule has 0 unspecified atom stereocenters. The number of benzene rings is 1. The van der Waals surface area contributed by atoms with E-state index in [1.807, 2.05) is 0 Å². The Morgan fingerprint density at radius 2 is 1.70 bits per heavy atom. The van der Waals surface area contributed by atoms with E-state index in [4.69, 9.17) is 0 Å². The molecule has 0 radical (unpaired) electrons. The Balaban J connectivity index is 1.75. The summed E-state index contributed by atoms with van der Waals surface area (Å²) in [4.78, 5) is 26.0. The third kappa shape index (κ3) is 3.87. The molecule has 1 saturated heterocycles. The lowest BCUT2D eigenvalue weighted by molar-refractivity contribution is -0.142. The van der Waals surface area contributed by atoms with Crippen LogP contribution in [0.1, 0.15) is 37.0 Å². The van der Waals surface area contributed by atoms with Gasteiger partial charge < -0.3 is 10.0 Å². The van der Waals surface area contributed by atoms with Crippen LogP contribution in [0.25, 0.3) is 0 Å². The Morgan fingerprint density at radius 1 is 1.11 bits per heavy atom. The molecule has 2 atom stereocenters. The summed E-state index contributed by atoms with van der Waals surface area (Å²) in [6, 6.07) is 5.92. The predicted octanol–water partition coefficient (Wildman–Crippen LogP) is 1.90. The van der Waals surface area contributed by atoms with Crippen LogP contribution in [0.4, 0.5) is 0 Å². The maximum Gasteiger partial charge on any atom is 0.308 e. The molecular formula is C19H26N2O5S. The predicted molar refractivity (Wildman–Crippen MR) is 99.8 cm³/mol. The molecule has 1 N–H and O–H groups in total. The third-order valence-corrected chi connectivity index (χ3v) is 7.71. The Bertz CT molecular complexity index is 813. The largest absolute Gasteiger partial charge is 0.481 e. The molecule has 1 aromatic carbocycles. The number of carbonyl (C=O) groups is 2. The van der Waals surface area contributed by atoms with E-state index in [0.717, 1.165) is 12.8 Å². The number of aliphatic carboxylic acids is 1.